The number of ether oxygens (including phenoxy) is 2. The minimum absolute atomic E-state index is 0. The molecule has 0 aliphatic carbocycles. The average molecular weight is 443 g/mol. The van der Waals surface area contributed by atoms with Crippen LogP contribution in [-0.4, -0.2) is 22.7 Å². The molecule has 0 saturated carbocycles. The number of hydrogen-bond donors (Lipinski definition) is 2. The number of aryl methyl sites for hydroxylation is 1. The van der Waals surface area contributed by atoms with Crippen molar-refractivity contribution in [3.63, 3.8) is 0 Å². The Morgan fingerprint density at radius 3 is 2.59 bits per heavy atom. The van der Waals surface area contributed by atoms with Crippen LogP contribution >= 0.6 is 24.8 Å². The summed E-state index contributed by atoms with van der Waals surface area (Å²) < 4.78 is 11.5. The highest BCUT2D eigenvalue weighted by atomic mass is 35.5. The summed E-state index contributed by atoms with van der Waals surface area (Å²) >= 11 is 0. The molecule has 1 aliphatic heterocycles. The molecule has 3 rings (SSSR count). The van der Waals surface area contributed by atoms with Crippen LogP contribution in [0.5, 0.6) is 5.75 Å². The monoisotopic (exact) mass is 442 g/mol. The molecule has 7 heteroatoms. The Kier molecular flexibility index (Phi) is 10.4. The van der Waals surface area contributed by atoms with Crippen LogP contribution in [0.4, 0.5) is 0 Å². The number of rotatable bonds is 8. The number of fused-ring (bicyclic) bond motifs is 1. The standard InChI is InChI=1S/C22H30N2O3.2ClH/c1-14(2)18(23)10-7-11-26-21-15(3)24-19(12-16-8-5-4-6-9-16)17-13-27-22(25)20(17)21;;/h4-6,8-9,14,18,22,25H,7,10-13,23H2,1-3H3;2*1H. The van der Waals surface area contributed by atoms with Gasteiger partial charge in [-0.2, -0.15) is 0 Å². The van der Waals surface area contributed by atoms with Gasteiger partial charge in [-0.1, -0.05) is 44.2 Å². The topological polar surface area (TPSA) is 77.6 Å². The summed E-state index contributed by atoms with van der Waals surface area (Å²) in [5.41, 5.74) is 10.7. The van der Waals surface area contributed by atoms with Gasteiger partial charge in [0, 0.05) is 18.0 Å². The lowest BCUT2D eigenvalue weighted by Gasteiger charge is -2.18. The van der Waals surface area contributed by atoms with Gasteiger partial charge in [0.25, 0.3) is 0 Å². The second-order valence-corrected chi connectivity index (χ2v) is 7.59. The van der Waals surface area contributed by atoms with Crippen LogP contribution in [-0.2, 0) is 17.8 Å². The maximum Gasteiger partial charge on any atom is 0.185 e. The third kappa shape index (κ3) is 6.30. The number of nitrogens with zero attached hydrogens (tertiary/aromatic N) is 1. The Labute approximate surface area is 185 Å². The molecule has 2 atom stereocenters. The van der Waals surface area contributed by atoms with Gasteiger partial charge in [0.2, 0.25) is 0 Å². The summed E-state index contributed by atoms with van der Waals surface area (Å²) in [7, 11) is 0. The summed E-state index contributed by atoms with van der Waals surface area (Å²) in [5, 5.41) is 10.3. The van der Waals surface area contributed by atoms with Crippen molar-refractivity contribution in [3.8, 4) is 5.75 Å². The van der Waals surface area contributed by atoms with Crippen LogP contribution in [0.15, 0.2) is 30.3 Å². The molecule has 3 N–H and O–H groups in total. The Morgan fingerprint density at radius 2 is 1.93 bits per heavy atom. The average Bonchev–Trinajstić information content (AvgIpc) is 3.03. The molecule has 2 heterocycles. The molecule has 5 nitrogen and oxygen atoms in total. The Balaban J connectivity index is 0.00000210. The number of aliphatic hydroxyl groups is 1. The fourth-order valence-electron chi connectivity index (χ4n) is 3.42. The minimum atomic E-state index is -0.954. The van der Waals surface area contributed by atoms with Crippen LogP contribution in [0, 0.1) is 12.8 Å². The van der Waals surface area contributed by atoms with Crippen LogP contribution in [0.1, 0.15) is 61.1 Å². The largest absolute Gasteiger partial charge is 0.491 e. The van der Waals surface area contributed by atoms with Crippen molar-refractivity contribution in [2.24, 2.45) is 11.7 Å². The zero-order valence-electron chi connectivity index (χ0n) is 17.3. The number of nitrogens with two attached hydrogens (primary N) is 1. The molecule has 1 aromatic heterocycles. The van der Waals surface area contributed by atoms with Crippen molar-refractivity contribution in [2.45, 2.75) is 59.0 Å². The molecule has 1 aromatic carbocycles. The first-order valence-corrected chi connectivity index (χ1v) is 9.71. The number of halogens is 2. The molecule has 1 aliphatic rings. The molecule has 29 heavy (non-hydrogen) atoms. The van der Waals surface area contributed by atoms with E-state index in [0.29, 0.717) is 31.3 Å². The molecule has 2 aromatic rings. The van der Waals surface area contributed by atoms with Gasteiger partial charge in [0.1, 0.15) is 5.75 Å². The van der Waals surface area contributed by atoms with Gasteiger partial charge in [0.05, 0.1) is 30.2 Å². The van der Waals surface area contributed by atoms with E-state index in [0.717, 1.165) is 35.4 Å². The number of benzene rings is 1. The summed E-state index contributed by atoms with van der Waals surface area (Å²) in [6.45, 7) is 7.10. The van der Waals surface area contributed by atoms with E-state index in [1.807, 2.05) is 25.1 Å². The van der Waals surface area contributed by atoms with Crippen molar-refractivity contribution in [2.75, 3.05) is 6.61 Å². The fourth-order valence-corrected chi connectivity index (χ4v) is 3.42. The molecule has 162 valence electrons. The smallest absolute Gasteiger partial charge is 0.185 e. The Morgan fingerprint density at radius 1 is 1.24 bits per heavy atom. The lowest BCUT2D eigenvalue weighted by atomic mass is 10.00. The van der Waals surface area contributed by atoms with Gasteiger partial charge >= 0.3 is 0 Å². The molecular weight excluding hydrogens is 411 g/mol. The summed E-state index contributed by atoms with van der Waals surface area (Å²) in [6, 6.07) is 10.4. The van der Waals surface area contributed by atoms with Gasteiger partial charge < -0.3 is 20.3 Å². The summed E-state index contributed by atoms with van der Waals surface area (Å²) in [6.07, 6.45) is 1.54. The van der Waals surface area contributed by atoms with Crippen LogP contribution in [0.25, 0.3) is 0 Å². The Bertz CT molecular complexity index is 772. The molecule has 0 amide bonds. The summed E-state index contributed by atoms with van der Waals surface area (Å²) in [4.78, 5) is 4.78. The highest BCUT2D eigenvalue weighted by molar-refractivity contribution is 5.85. The van der Waals surface area contributed by atoms with Crippen LogP contribution in [0.2, 0.25) is 0 Å². The van der Waals surface area contributed by atoms with E-state index in [4.69, 9.17) is 20.2 Å². The number of aliphatic hydroxyl groups excluding tert-OH is 1. The lowest BCUT2D eigenvalue weighted by molar-refractivity contribution is -0.0928. The predicted molar refractivity (Wildman–Crippen MR) is 120 cm³/mol. The molecule has 0 saturated heterocycles. The molecule has 0 radical (unpaired) electrons. The van der Waals surface area contributed by atoms with Gasteiger partial charge in [0.15, 0.2) is 6.29 Å². The lowest BCUT2D eigenvalue weighted by Crippen LogP contribution is -2.26. The second kappa shape index (κ2) is 11.7. The van der Waals surface area contributed by atoms with E-state index in [1.165, 1.54) is 5.56 Å². The van der Waals surface area contributed by atoms with E-state index in [1.54, 1.807) is 0 Å². The van der Waals surface area contributed by atoms with Gasteiger partial charge in [-0.3, -0.25) is 4.98 Å². The van der Waals surface area contributed by atoms with Crippen molar-refractivity contribution in [3.05, 3.63) is 58.4 Å². The first kappa shape index (κ1) is 25.7. The van der Waals surface area contributed by atoms with Crippen LogP contribution in [0.3, 0.4) is 0 Å². The zero-order valence-corrected chi connectivity index (χ0v) is 18.9. The molecule has 0 bridgehead atoms. The number of pyridine rings is 1. The zero-order chi connectivity index (χ0) is 19.4. The molecule has 0 spiro atoms. The SMILES string of the molecule is Cc1nc(Cc2ccccc2)c2c(c1OCCCC(N)C(C)C)C(O)OC2.Cl.Cl. The van der Waals surface area contributed by atoms with E-state index in [2.05, 4.69) is 26.0 Å². The maximum absolute atomic E-state index is 10.3. The van der Waals surface area contributed by atoms with Crippen molar-refractivity contribution >= 4 is 24.8 Å². The van der Waals surface area contributed by atoms with Crippen molar-refractivity contribution < 1.29 is 14.6 Å². The van der Waals surface area contributed by atoms with Crippen molar-refractivity contribution in [1.29, 1.82) is 0 Å². The van der Waals surface area contributed by atoms with E-state index in [-0.39, 0.29) is 30.9 Å². The van der Waals surface area contributed by atoms with E-state index >= 15 is 0 Å². The fraction of sp³-hybridized carbons (Fsp3) is 0.500. The van der Waals surface area contributed by atoms with Crippen LogP contribution < -0.4 is 10.5 Å². The highest BCUT2D eigenvalue weighted by Crippen LogP contribution is 2.39. The second-order valence-electron chi connectivity index (χ2n) is 7.59. The Hall–Kier alpha value is -1.37. The van der Waals surface area contributed by atoms with Crippen molar-refractivity contribution in [1.82, 2.24) is 4.98 Å². The van der Waals surface area contributed by atoms with Gasteiger partial charge in [-0.15, -0.1) is 24.8 Å². The maximum atomic E-state index is 10.3. The van der Waals surface area contributed by atoms with Gasteiger partial charge in [-0.05, 0) is 31.2 Å². The first-order valence-electron chi connectivity index (χ1n) is 9.71. The quantitative estimate of drug-likeness (QED) is 0.588. The normalized spacial score (nSPS) is 16.0. The van der Waals surface area contributed by atoms with E-state index < -0.39 is 6.29 Å². The summed E-state index contributed by atoms with van der Waals surface area (Å²) in [5.74, 6) is 1.12. The highest BCUT2D eigenvalue weighted by Gasteiger charge is 2.30. The first-order chi connectivity index (χ1) is 13.0. The molecule has 0 fully saturated rings. The molecular formula is C22H32Cl2N2O3. The van der Waals surface area contributed by atoms with E-state index in [9.17, 15) is 5.11 Å². The third-order valence-corrected chi connectivity index (χ3v) is 5.18. The minimum Gasteiger partial charge on any atom is -0.491 e. The van der Waals surface area contributed by atoms with Gasteiger partial charge in [-0.25, -0.2) is 0 Å². The third-order valence-electron chi connectivity index (χ3n) is 5.18. The number of aromatic nitrogens is 1. The molecule has 2 unspecified atom stereocenters. The number of hydrogen-bond acceptors (Lipinski definition) is 5. The predicted octanol–water partition coefficient (Wildman–Crippen LogP) is 4.49.